The second kappa shape index (κ2) is 7.12. The Bertz CT molecular complexity index is 191. The van der Waals surface area contributed by atoms with Gasteiger partial charge in [0.1, 0.15) is 0 Å². The molecule has 0 aliphatic rings. The van der Waals surface area contributed by atoms with E-state index in [1.165, 1.54) is 0 Å². The van der Waals surface area contributed by atoms with E-state index in [4.69, 9.17) is 0 Å². The molecule has 3 nitrogen and oxygen atoms in total. The minimum Gasteiger partial charge on any atom is -0.387 e. The number of hydrogen-bond donors (Lipinski definition) is 2. The Balaban J connectivity index is 3.98. The smallest absolute Gasteiger partial charge is 0.223 e. The van der Waals surface area contributed by atoms with Gasteiger partial charge >= 0.3 is 0 Å². The van der Waals surface area contributed by atoms with E-state index in [0.717, 1.165) is 12.8 Å². The van der Waals surface area contributed by atoms with Crippen LogP contribution < -0.4 is 5.32 Å². The third kappa shape index (κ3) is 6.05. The van der Waals surface area contributed by atoms with Gasteiger partial charge in [-0.15, -0.1) is 0 Å². The van der Waals surface area contributed by atoms with Gasteiger partial charge in [-0.3, -0.25) is 4.79 Å². The van der Waals surface area contributed by atoms with Crippen molar-refractivity contribution >= 4 is 17.7 Å². The quantitative estimate of drug-likeness (QED) is 0.703. The van der Waals surface area contributed by atoms with Crippen LogP contribution in [0, 0.1) is 5.92 Å². The summed E-state index contributed by atoms with van der Waals surface area (Å²) in [7, 11) is 0. The topological polar surface area (TPSA) is 49.3 Å². The standard InChI is InChI=1S/C11H23NO2S/c1-5-9(6-2)10(13)12-7-11(3,14)8-15-4/h9,14H,5-8H2,1-4H3,(H,12,13). The summed E-state index contributed by atoms with van der Waals surface area (Å²) in [6, 6.07) is 0. The molecule has 1 amide bonds. The van der Waals surface area contributed by atoms with Crippen LogP contribution >= 0.6 is 11.8 Å². The Labute approximate surface area is 97.0 Å². The van der Waals surface area contributed by atoms with Crippen LogP contribution in [0.25, 0.3) is 0 Å². The summed E-state index contributed by atoms with van der Waals surface area (Å²) in [6.07, 6.45) is 3.65. The van der Waals surface area contributed by atoms with Gasteiger partial charge in [0.25, 0.3) is 0 Å². The number of carbonyl (C=O) groups excluding carboxylic acids is 1. The second-order valence-corrected chi connectivity index (χ2v) is 5.03. The molecule has 0 radical (unpaired) electrons. The highest BCUT2D eigenvalue weighted by Gasteiger charge is 2.22. The highest BCUT2D eigenvalue weighted by Crippen LogP contribution is 2.11. The first kappa shape index (κ1) is 14.8. The summed E-state index contributed by atoms with van der Waals surface area (Å²) >= 11 is 1.58. The minimum absolute atomic E-state index is 0.0568. The fraction of sp³-hybridized carbons (Fsp3) is 0.909. The highest BCUT2D eigenvalue weighted by molar-refractivity contribution is 7.98. The van der Waals surface area contributed by atoms with Crippen molar-refractivity contribution < 1.29 is 9.90 Å². The Morgan fingerprint density at radius 3 is 2.40 bits per heavy atom. The lowest BCUT2D eigenvalue weighted by molar-refractivity contribution is -0.126. The van der Waals surface area contributed by atoms with Crippen LogP contribution in [0.4, 0.5) is 0 Å². The molecule has 1 atom stereocenters. The number of thioether (sulfide) groups is 1. The van der Waals surface area contributed by atoms with Gasteiger partial charge in [-0.1, -0.05) is 13.8 Å². The zero-order valence-electron chi connectivity index (χ0n) is 10.2. The van der Waals surface area contributed by atoms with Crippen LogP contribution in [-0.2, 0) is 4.79 Å². The molecule has 15 heavy (non-hydrogen) atoms. The van der Waals surface area contributed by atoms with Crippen molar-refractivity contribution in [3.63, 3.8) is 0 Å². The maximum atomic E-state index is 11.6. The largest absolute Gasteiger partial charge is 0.387 e. The van der Waals surface area contributed by atoms with Gasteiger partial charge < -0.3 is 10.4 Å². The van der Waals surface area contributed by atoms with E-state index >= 15 is 0 Å². The Hall–Kier alpha value is -0.220. The number of hydrogen-bond acceptors (Lipinski definition) is 3. The van der Waals surface area contributed by atoms with Crippen molar-refractivity contribution in [3.8, 4) is 0 Å². The molecule has 0 bridgehead atoms. The molecule has 1 unspecified atom stereocenters. The molecule has 0 aromatic heterocycles. The average Bonchev–Trinajstić information content (AvgIpc) is 2.17. The normalized spacial score (nSPS) is 15.1. The van der Waals surface area contributed by atoms with Gasteiger partial charge in [-0.05, 0) is 26.0 Å². The summed E-state index contributed by atoms with van der Waals surface area (Å²) in [4.78, 5) is 11.6. The average molecular weight is 233 g/mol. The van der Waals surface area contributed by atoms with Gasteiger partial charge in [-0.25, -0.2) is 0 Å². The lowest BCUT2D eigenvalue weighted by atomic mass is 10.0. The number of carbonyl (C=O) groups is 1. The van der Waals surface area contributed by atoms with E-state index in [1.807, 2.05) is 20.1 Å². The van der Waals surface area contributed by atoms with Crippen LogP contribution in [0.2, 0.25) is 0 Å². The Morgan fingerprint density at radius 2 is 2.00 bits per heavy atom. The number of amides is 1. The second-order valence-electron chi connectivity index (χ2n) is 4.16. The predicted molar refractivity (Wildman–Crippen MR) is 66.1 cm³/mol. The lowest BCUT2D eigenvalue weighted by Gasteiger charge is -2.23. The molecule has 4 heteroatoms. The predicted octanol–water partition coefficient (Wildman–Crippen LogP) is 1.65. The molecule has 2 N–H and O–H groups in total. The first-order valence-electron chi connectivity index (χ1n) is 5.45. The highest BCUT2D eigenvalue weighted by atomic mass is 32.2. The number of nitrogens with one attached hydrogen (secondary N) is 1. The zero-order valence-corrected chi connectivity index (χ0v) is 11.0. The van der Waals surface area contributed by atoms with Gasteiger partial charge in [0, 0.05) is 18.2 Å². The third-order valence-corrected chi connectivity index (χ3v) is 3.37. The molecule has 0 saturated heterocycles. The summed E-state index contributed by atoms with van der Waals surface area (Å²) in [6.45, 7) is 6.10. The van der Waals surface area contributed by atoms with E-state index in [-0.39, 0.29) is 11.8 Å². The van der Waals surface area contributed by atoms with Crippen LogP contribution in [0.1, 0.15) is 33.6 Å². The van der Waals surface area contributed by atoms with E-state index in [2.05, 4.69) is 5.32 Å². The molecule has 0 rings (SSSR count). The SMILES string of the molecule is CCC(CC)C(=O)NCC(C)(O)CSC. The molecule has 0 fully saturated rings. The first-order chi connectivity index (χ1) is 6.96. The van der Waals surface area contributed by atoms with Crippen molar-refractivity contribution in [1.29, 1.82) is 0 Å². The Morgan fingerprint density at radius 1 is 1.47 bits per heavy atom. The lowest BCUT2D eigenvalue weighted by Crippen LogP contribution is -2.44. The molecule has 0 heterocycles. The maximum absolute atomic E-state index is 11.6. The number of rotatable bonds is 7. The van der Waals surface area contributed by atoms with Crippen molar-refractivity contribution in [3.05, 3.63) is 0 Å². The molecule has 0 aromatic rings. The molecular formula is C11H23NO2S. The summed E-state index contributed by atoms with van der Waals surface area (Å²) in [5.74, 6) is 0.771. The van der Waals surface area contributed by atoms with Crippen molar-refractivity contribution in [2.75, 3.05) is 18.6 Å². The summed E-state index contributed by atoms with van der Waals surface area (Å²) in [5.41, 5.74) is -0.804. The molecule has 0 aliphatic carbocycles. The van der Waals surface area contributed by atoms with Crippen molar-refractivity contribution in [2.45, 2.75) is 39.2 Å². The molecule has 0 aliphatic heterocycles. The molecular weight excluding hydrogens is 210 g/mol. The van der Waals surface area contributed by atoms with Crippen molar-refractivity contribution in [1.82, 2.24) is 5.32 Å². The van der Waals surface area contributed by atoms with Crippen molar-refractivity contribution in [2.24, 2.45) is 5.92 Å². The van der Waals surface area contributed by atoms with Crippen LogP contribution in [0.3, 0.4) is 0 Å². The van der Waals surface area contributed by atoms with E-state index in [0.29, 0.717) is 12.3 Å². The fourth-order valence-corrected chi connectivity index (χ4v) is 2.17. The zero-order chi connectivity index (χ0) is 11.9. The molecule has 0 saturated carbocycles. The van der Waals surface area contributed by atoms with Crippen LogP contribution in [0.15, 0.2) is 0 Å². The minimum atomic E-state index is -0.804. The summed E-state index contributed by atoms with van der Waals surface area (Å²) < 4.78 is 0. The monoisotopic (exact) mass is 233 g/mol. The van der Waals surface area contributed by atoms with Gasteiger partial charge in [0.15, 0.2) is 0 Å². The van der Waals surface area contributed by atoms with E-state index in [1.54, 1.807) is 18.7 Å². The third-order valence-electron chi connectivity index (χ3n) is 2.46. The number of aliphatic hydroxyl groups is 1. The first-order valence-corrected chi connectivity index (χ1v) is 6.85. The summed E-state index contributed by atoms with van der Waals surface area (Å²) in [5, 5.41) is 12.7. The van der Waals surface area contributed by atoms with Gasteiger partial charge in [0.05, 0.1) is 5.60 Å². The Kier molecular flexibility index (Phi) is 7.02. The van der Waals surface area contributed by atoms with Gasteiger partial charge in [-0.2, -0.15) is 11.8 Å². The van der Waals surface area contributed by atoms with Gasteiger partial charge in [0.2, 0.25) is 5.91 Å². The van der Waals surface area contributed by atoms with Crippen LogP contribution in [0.5, 0.6) is 0 Å². The molecule has 0 aromatic carbocycles. The molecule has 90 valence electrons. The molecule has 0 spiro atoms. The van der Waals surface area contributed by atoms with E-state index in [9.17, 15) is 9.90 Å². The fourth-order valence-electron chi connectivity index (χ4n) is 1.44. The maximum Gasteiger partial charge on any atom is 0.223 e. The van der Waals surface area contributed by atoms with E-state index < -0.39 is 5.60 Å². The van der Waals surface area contributed by atoms with Crippen LogP contribution in [-0.4, -0.2) is 35.2 Å².